The molecule has 12 heavy (non-hydrogen) atoms. The van der Waals surface area contributed by atoms with E-state index in [1.807, 2.05) is 0 Å². The smallest absolute Gasteiger partial charge is 0.431 e. The van der Waals surface area contributed by atoms with Gasteiger partial charge in [-0.15, -0.1) is 0 Å². The van der Waals surface area contributed by atoms with Gasteiger partial charge in [-0.1, -0.05) is 0 Å². The largest absolute Gasteiger partial charge is 0.463 e. The van der Waals surface area contributed by atoms with Crippen LogP contribution >= 0.6 is 0 Å². The van der Waals surface area contributed by atoms with E-state index < -0.39 is 18.2 Å². The molecule has 0 aliphatic carbocycles. The van der Waals surface area contributed by atoms with Gasteiger partial charge < -0.3 is 15.3 Å². The molecule has 72 valence electrons. The van der Waals surface area contributed by atoms with E-state index in [9.17, 15) is 4.79 Å². The van der Waals surface area contributed by atoms with E-state index in [1.54, 1.807) is 0 Å². The molecule has 1 unspecified atom stereocenters. The Morgan fingerprint density at radius 1 is 1.50 bits per heavy atom. The zero-order valence-corrected chi connectivity index (χ0v) is 6.77. The van der Waals surface area contributed by atoms with Gasteiger partial charge in [0, 0.05) is 6.61 Å². The zero-order valence-electron chi connectivity index (χ0n) is 6.77. The lowest BCUT2D eigenvalue weighted by atomic mass is 9.99. The predicted molar refractivity (Wildman–Crippen MR) is 38.8 cm³/mol. The number of aliphatic hydroxyl groups is 2. The lowest BCUT2D eigenvalue weighted by Gasteiger charge is -2.32. The summed E-state index contributed by atoms with van der Waals surface area (Å²) in [4.78, 5) is 10.3. The van der Waals surface area contributed by atoms with Crippen LogP contribution in [0.3, 0.4) is 0 Å². The van der Waals surface area contributed by atoms with Crippen molar-refractivity contribution >= 4 is 6.09 Å². The average Bonchev–Trinajstić information content (AvgIpc) is 2.03. The molecule has 0 spiro atoms. The van der Waals surface area contributed by atoms with E-state index in [1.165, 1.54) is 6.92 Å². The highest BCUT2D eigenvalue weighted by Crippen LogP contribution is 2.16. The van der Waals surface area contributed by atoms with Crippen molar-refractivity contribution in [3.8, 4) is 0 Å². The third-order valence-corrected chi connectivity index (χ3v) is 1.68. The van der Waals surface area contributed by atoms with Gasteiger partial charge in [0.1, 0.15) is 0 Å². The maximum Gasteiger partial charge on any atom is 0.431 e. The fourth-order valence-corrected chi connectivity index (χ4v) is 0.724. The second-order valence-electron chi connectivity index (χ2n) is 2.72. The van der Waals surface area contributed by atoms with Crippen molar-refractivity contribution in [2.45, 2.75) is 18.9 Å². The Hall–Kier alpha value is -0.850. The van der Waals surface area contributed by atoms with Gasteiger partial charge in [0.15, 0.2) is 0 Å². The molecule has 6 nitrogen and oxygen atoms in total. The number of hydroxylamine groups is 2. The summed E-state index contributed by atoms with van der Waals surface area (Å²) >= 11 is 0. The Balaban J connectivity index is 4.38. The molecule has 4 N–H and O–H groups in total. The summed E-state index contributed by atoms with van der Waals surface area (Å²) in [5, 5.41) is 34.6. The molecule has 0 radical (unpaired) electrons. The molecule has 0 aliphatic heterocycles. The second-order valence-corrected chi connectivity index (χ2v) is 2.72. The van der Waals surface area contributed by atoms with Gasteiger partial charge in [-0.25, -0.2) is 4.79 Å². The van der Waals surface area contributed by atoms with Crippen molar-refractivity contribution in [1.82, 2.24) is 5.06 Å². The Morgan fingerprint density at radius 2 is 2.00 bits per heavy atom. The molecule has 0 heterocycles. The minimum Gasteiger partial charge on any atom is -0.463 e. The molecular weight excluding hydrogens is 166 g/mol. The summed E-state index contributed by atoms with van der Waals surface area (Å²) in [6, 6.07) is 0. The molecule has 0 saturated heterocycles. The number of carboxylic acid groups (broad SMARTS) is 1. The standard InChI is InChI=1S/C6H13NO5/c1-6(4-9,2-3-8)7(12)5(10)11/h8-9,12H,2-4H2,1H3,(H,10,11). The number of amides is 1. The van der Waals surface area contributed by atoms with E-state index in [2.05, 4.69) is 0 Å². The van der Waals surface area contributed by atoms with Gasteiger partial charge in [0.25, 0.3) is 0 Å². The fraction of sp³-hybridized carbons (Fsp3) is 0.833. The van der Waals surface area contributed by atoms with E-state index >= 15 is 0 Å². The topological polar surface area (TPSA) is 101 Å². The first-order chi connectivity index (χ1) is 5.48. The second kappa shape index (κ2) is 4.24. The Morgan fingerprint density at radius 3 is 2.25 bits per heavy atom. The molecule has 0 aromatic carbocycles. The van der Waals surface area contributed by atoms with Gasteiger partial charge in [-0.2, -0.15) is 5.06 Å². The highest BCUT2D eigenvalue weighted by atomic mass is 16.6. The molecule has 0 saturated carbocycles. The molecule has 0 fully saturated rings. The first kappa shape index (κ1) is 11.2. The van der Waals surface area contributed by atoms with Crippen LogP contribution in [0.4, 0.5) is 4.79 Å². The van der Waals surface area contributed by atoms with Gasteiger partial charge in [0.2, 0.25) is 0 Å². The maximum atomic E-state index is 10.3. The molecule has 0 aromatic rings. The molecule has 0 rings (SSSR count). The SMILES string of the molecule is CC(CO)(CCO)N(O)C(=O)O. The van der Waals surface area contributed by atoms with Crippen LogP contribution in [0.1, 0.15) is 13.3 Å². The van der Waals surface area contributed by atoms with Gasteiger partial charge >= 0.3 is 6.09 Å². The highest BCUT2D eigenvalue weighted by Gasteiger charge is 2.33. The first-order valence-electron chi connectivity index (χ1n) is 3.41. The third kappa shape index (κ3) is 2.33. The molecule has 0 aliphatic rings. The number of aliphatic hydroxyl groups excluding tert-OH is 2. The summed E-state index contributed by atoms with van der Waals surface area (Å²) < 4.78 is 0. The first-order valence-corrected chi connectivity index (χ1v) is 3.41. The quantitative estimate of drug-likeness (QED) is 0.344. The van der Waals surface area contributed by atoms with Crippen molar-refractivity contribution < 1.29 is 25.3 Å². The highest BCUT2D eigenvalue weighted by molar-refractivity contribution is 5.64. The summed E-state index contributed by atoms with van der Waals surface area (Å²) in [5.74, 6) is 0. The van der Waals surface area contributed by atoms with Gasteiger partial charge in [0.05, 0.1) is 12.1 Å². The molecular formula is C6H13NO5. The molecule has 0 aromatic heterocycles. The van der Waals surface area contributed by atoms with Crippen LogP contribution < -0.4 is 0 Å². The number of carbonyl (C=O) groups is 1. The minimum atomic E-state index is -1.56. The van der Waals surface area contributed by atoms with Crippen molar-refractivity contribution in [2.24, 2.45) is 0 Å². The predicted octanol–water partition coefficient (Wildman–Crippen LogP) is -0.511. The summed E-state index contributed by atoms with van der Waals surface area (Å²) in [7, 11) is 0. The van der Waals surface area contributed by atoms with Gasteiger partial charge in [-0.3, -0.25) is 5.21 Å². The Bertz CT molecular complexity index is 162. The van der Waals surface area contributed by atoms with Crippen LogP contribution in [-0.4, -0.2) is 50.4 Å². The molecule has 1 amide bonds. The van der Waals surface area contributed by atoms with Crippen molar-refractivity contribution in [1.29, 1.82) is 0 Å². The summed E-state index contributed by atoms with van der Waals surface area (Å²) in [5.41, 5.74) is -1.33. The number of rotatable bonds is 4. The maximum absolute atomic E-state index is 10.3. The summed E-state index contributed by atoms with van der Waals surface area (Å²) in [6.45, 7) is 0.481. The van der Waals surface area contributed by atoms with Crippen LogP contribution in [-0.2, 0) is 0 Å². The van der Waals surface area contributed by atoms with Crippen LogP contribution in [0.15, 0.2) is 0 Å². The van der Waals surface area contributed by atoms with Crippen molar-refractivity contribution in [2.75, 3.05) is 13.2 Å². The number of nitrogens with zero attached hydrogens (tertiary/aromatic N) is 1. The minimum absolute atomic E-state index is 0.00319. The number of hydrogen-bond acceptors (Lipinski definition) is 4. The Kier molecular flexibility index (Phi) is 3.94. The lowest BCUT2D eigenvalue weighted by molar-refractivity contribution is -0.154. The fourth-order valence-electron chi connectivity index (χ4n) is 0.724. The third-order valence-electron chi connectivity index (χ3n) is 1.68. The van der Waals surface area contributed by atoms with E-state index in [0.717, 1.165) is 0 Å². The Labute approximate surface area is 69.6 Å². The van der Waals surface area contributed by atoms with E-state index in [4.69, 9.17) is 20.5 Å². The van der Waals surface area contributed by atoms with Crippen LogP contribution in [0.2, 0.25) is 0 Å². The van der Waals surface area contributed by atoms with Gasteiger partial charge in [-0.05, 0) is 13.3 Å². The van der Waals surface area contributed by atoms with E-state index in [-0.39, 0.29) is 18.1 Å². The van der Waals surface area contributed by atoms with Crippen LogP contribution in [0, 0.1) is 0 Å². The summed E-state index contributed by atoms with van der Waals surface area (Å²) in [6.07, 6.45) is -1.58. The zero-order chi connectivity index (χ0) is 9.78. The lowest BCUT2D eigenvalue weighted by Crippen LogP contribution is -2.50. The van der Waals surface area contributed by atoms with Crippen molar-refractivity contribution in [3.63, 3.8) is 0 Å². The monoisotopic (exact) mass is 179 g/mol. The average molecular weight is 179 g/mol. The molecule has 0 bridgehead atoms. The normalized spacial score (nSPS) is 15.3. The van der Waals surface area contributed by atoms with E-state index in [0.29, 0.717) is 0 Å². The molecule has 1 atom stereocenters. The molecule has 6 heteroatoms. The number of hydrogen-bond donors (Lipinski definition) is 4. The van der Waals surface area contributed by atoms with Crippen LogP contribution in [0.25, 0.3) is 0 Å². The van der Waals surface area contributed by atoms with Crippen LogP contribution in [0.5, 0.6) is 0 Å². The van der Waals surface area contributed by atoms with Crippen molar-refractivity contribution in [3.05, 3.63) is 0 Å².